The normalized spacial score (nSPS) is 11.5. The molecule has 0 fully saturated rings. The van der Waals surface area contributed by atoms with Gasteiger partial charge in [-0.05, 0) is 20.3 Å². The third-order valence-corrected chi connectivity index (χ3v) is 4.63. The summed E-state index contributed by atoms with van der Waals surface area (Å²) in [4.78, 5) is 20.8. The molecule has 2 N–H and O–H groups in total. The number of hydrogen-bond acceptors (Lipinski definition) is 5. The van der Waals surface area contributed by atoms with Crippen LogP contribution in [0.1, 0.15) is 124 Å². The van der Waals surface area contributed by atoms with Gasteiger partial charge in [-0.2, -0.15) is 0 Å². The van der Waals surface area contributed by atoms with Crippen molar-refractivity contribution in [2.45, 2.75) is 130 Å². The Balaban J connectivity index is 0. The number of ether oxygens (including phenoxy) is 1. The largest absolute Gasteiger partial charge is 0.463 e. The Morgan fingerprint density at radius 3 is 1.41 bits per heavy atom. The molecule has 0 aliphatic carbocycles. The number of rotatable bonds is 19. The van der Waals surface area contributed by atoms with E-state index in [4.69, 9.17) is 14.9 Å². The van der Waals surface area contributed by atoms with E-state index in [0.29, 0.717) is 6.42 Å². The van der Waals surface area contributed by atoms with Gasteiger partial charge in [0.2, 0.25) is 0 Å². The Kier molecular flexibility index (Phi) is 26.2. The molecule has 0 aromatic heterocycles. The van der Waals surface area contributed by atoms with Crippen molar-refractivity contribution in [2.24, 2.45) is 0 Å². The molecule has 0 aromatic rings. The molecular formula is C24H48O5. The molecular weight excluding hydrogens is 368 g/mol. The Hall–Kier alpha value is -0.940. The lowest BCUT2D eigenvalue weighted by molar-refractivity contribution is -0.147. The molecule has 5 heteroatoms. The minimum atomic E-state index is -0.954. The summed E-state index contributed by atoms with van der Waals surface area (Å²) in [6.45, 7) is 4.85. The second-order valence-corrected chi connectivity index (χ2v) is 8.13. The van der Waals surface area contributed by atoms with E-state index in [1.807, 2.05) is 0 Å². The second-order valence-electron chi connectivity index (χ2n) is 8.13. The van der Waals surface area contributed by atoms with Crippen molar-refractivity contribution in [3.05, 3.63) is 0 Å². The van der Waals surface area contributed by atoms with E-state index >= 15 is 0 Å². The maximum atomic E-state index is 11.4. The lowest BCUT2D eigenvalue weighted by Crippen LogP contribution is -2.21. The topological polar surface area (TPSA) is 83.8 Å². The number of carbonyl (C=O) groups is 2. The highest BCUT2D eigenvalue weighted by Crippen LogP contribution is 2.13. The van der Waals surface area contributed by atoms with Crippen molar-refractivity contribution in [1.82, 2.24) is 0 Å². The van der Waals surface area contributed by atoms with E-state index in [2.05, 4.69) is 6.92 Å². The van der Waals surface area contributed by atoms with Crippen molar-refractivity contribution in [3.63, 3.8) is 0 Å². The molecule has 1 atom stereocenters. The second kappa shape index (κ2) is 25.1. The highest BCUT2D eigenvalue weighted by atomic mass is 16.5. The van der Waals surface area contributed by atoms with Crippen molar-refractivity contribution in [2.75, 3.05) is 13.2 Å². The zero-order chi connectivity index (χ0) is 22.2. The van der Waals surface area contributed by atoms with Gasteiger partial charge in [-0.15, -0.1) is 0 Å². The predicted molar refractivity (Wildman–Crippen MR) is 120 cm³/mol. The first-order valence-electron chi connectivity index (χ1n) is 11.9. The van der Waals surface area contributed by atoms with Crippen LogP contribution in [0.3, 0.4) is 0 Å². The summed E-state index contributed by atoms with van der Waals surface area (Å²) in [5, 5.41) is 17.7. The minimum Gasteiger partial charge on any atom is -0.463 e. The molecule has 0 rings (SSSR count). The van der Waals surface area contributed by atoms with E-state index < -0.39 is 6.10 Å². The molecule has 0 bridgehead atoms. The van der Waals surface area contributed by atoms with Crippen LogP contribution < -0.4 is 0 Å². The summed E-state index contributed by atoms with van der Waals surface area (Å²) in [5.74, 6) is -0.109. The van der Waals surface area contributed by atoms with Gasteiger partial charge in [-0.1, -0.05) is 96.8 Å². The van der Waals surface area contributed by atoms with Crippen LogP contribution in [0.5, 0.6) is 0 Å². The van der Waals surface area contributed by atoms with Gasteiger partial charge < -0.3 is 19.7 Å². The lowest BCUT2D eigenvalue weighted by atomic mass is 10.0. The van der Waals surface area contributed by atoms with Crippen LogP contribution in [-0.2, 0) is 14.3 Å². The van der Waals surface area contributed by atoms with Gasteiger partial charge in [-0.25, -0.2) is 0 Å². The fraction of sp³-hybridized carbons (Fsp3) is 0.917. The fourth-order valence-electron chi connectivity index (χ4n) is 2.95. The van der Waals surface area contributed by atoms with Crippen molar-refractivity contribution < 1.29 is 24.5 Å². The van der Waals surface area contributed by atoms with Crippen molar-refractivity contribution >= 4 is 11.8 Å². The number of esters is 1. The predicted octanol–water partition coefficient (Wildman–Crippen LogP) is 5.74. The van der Waals surface area contributed by atoms with Crippen LogP contribution in [0.2, 0.25) is 0 Å². The SMILES string of the molecule is CC(C)=O.CCCCCCCCCCCCCCCCCC(=O)OCC(O)CO. The van der Waals surface area contributed by atoms with Crippen LogP contribution in [0.4, 0.5) is 0 Å². The smallest absolute Gasteiger partial charge is 0.305 e. The monoisotopic (exact) mass is 416 g/mol. The first-order valence-corrected chi connectivity index (χ1v) is 11.9. The maximum absolute atomic E-state index is 11.4. The molecule has 0 aliphatic heterocycles. The number of unbranched alkanes of at least 4 members (excludes halogenated alkanes) is 14. The van der Waals surface area contributed by atoms with E-state index in [-0.39, 0.29) is 25.0 Å². The highest BCUT2D eigenvalue weighted by molar-refractivity contribution is 5.72. The van der Waals surface area contributed by atoms with E-state index in [9.17, 15) is 9.59 Å². The summed E-state index contributed by atoms with van der Waals surface area (Å²) >= 11 is 0. The quantitative estimate of drug-likeness (QED) is 0.207. The molecule has 0 amide bonds. The third kappa shape index (κ3) is 32.0. The number of aliphatic hydroxyl groups is 2. The first-order chi connectivity index (χ1) is 13.9. The average Bonchev–Trinajstić information content (AvgIpc) is 2.68. The number of ketones is 1. The molecule has 174 valence electrons. The molecule has 0 spiro atoms. The Morgan fingerprint density at radius 2 is 1.07 bits per heavy atom. The van der Waals surface area contributed by atoms with Crippen LogP contribution in [0.15, 0.2) is 0 Å². The molecule has 29 heavy (non-hydrogen) atoms. The molecule has 0 saturated carbocycles. The van der Waals surface area contributed by atoms with E-state index in [1.165, 1.54) is 97.3 Å². The Morgan fingerprint density at radius 1 is 0.724 bits per heavy atom. The summed E-state index contributed by atoms with van der Waals surface area (Å²) in [6, 6.07) is 0. The van der Waals surface area contributed by atoms with Gasteiger partial charge in [0.1, 0.15) is 18.5 Å². The van der Waals surface area contributed by atoms with Gasteiger partial charge in [0.25, 0.3) is 0 Å². The molecule has 0 aromatic carbocycles. The number of aliphatic hydroxyl groups excluding tert-OH is 2. The molecule has 1 unspecified atom stereocenters. The number of Topliss-reactive ketones (excluding diaryl/α,β-unsaturated/α-hetero) is 1. The summed E-state index contributed by atoms with van der Waals surface area (Å²) in [6.07, 6.45) is 19.0. The standard InChI is InChI=1S/C21H42O4.C3H6O/c1-2-3-4-5-6-7-8-9-10-11-12-13-14-15-16-17-21(24)25-19-20(23)18-22;1-3(2)4/h20,22-23H,2-19H2,1H3;1-2H3. The van der Waals surface area contributed by atoms with Crippen LogP contribution in [-0.4, -0.2) is 41.3 Å². The summed E-state index contributed by atoms with van der Waals surface area (Å²) in [7, 11) is 0. The molecule has 0 aliphatic rings. The third-order valence-electron chi connectivity index (χ3n) is 4.63. The van der Waals surface area contributed by atoms with Gasteiger partial charge in [0, 0.05) is 6.42 Å². The lowest BCUT2D eigenvalue weighted by Gasteiger charge is -2.08. The van der Waals surface area contributed by atoms with E-state index in [1.54, 1.807) is 0 Å². The average molecular weight is 417 g/mol. The van der Waals surface area contributed by atoms with Gasteiger partial charge >= 0.3 is 5.97 Å². The molecule has 0 heterocycles. The highest BCUT2D eigenvalue weighted by Gasteiger charge is 2.07. The maximum Gasteiger partial charge on any atom is 0.305 e. The zero-order valence-corrected chi connectivity index (χ0v) is 19.4. The van der Waals surface area contributed by atoms with Crippen LogP contribution in [0.25, 0.3) is 0 Å². The minimum absolute atomic E-state index is 0.103. The Bertz CT molecular complexity index is 353. The van der Waals surface area contributed by atoms with Crippen LogP contribution in [0, 0.1) is 0 Å². The number of hydrogen-bond donors (Lipinski definition) is 2. The molecule has 5 nitrogen and oxygen atoms in total. The first kappa shape index (κ1) is 30.3. The van der Waals surface area contributed by atoms with Crippen molar-refractivity contribution in [1.29, 1.82) is 0 Å². The van der Waals surface area contributed by atoms with Crippen LogP contribution >= 0.6 is 0 Å². The van der Waals surface area contributed by atoms with E-state index in [0.717, 1.165) is 12.8 Å². The number of carbonyl (C=O) groups excluding carboxylic acids is 2. The van der Waals surface area contributed by atoms with Crippen molar-refractivity contribution in [3.8, 4) is 0 Å². The Labute approximate surface area is 179 Å². The summed E-state index contributed by atoms with van der Waals surface area (Å²) in [5.41, 5.74) is 0. The summed E-state index contributed by atoms with van der Waals surface area (Å²) < 4.78 is 4.86. The van der Waals surface area contributed by atoms with Gasteiger partial charge in [-0.3, -0.25) is 4.79 Å². The zero-order valence-electron chi connectivity index (χ0n) is 19.4. The molecule has 0 saturated heterocycles. The fourth-order valence-corrected chi connectivity index (χ4v) is 2.95. The van der Waals surface area contributed by atoms with Gasteiger partial charge in [0.05, 0.1) is 6.61 Å². The van der Waals surface area contributed by atoms with Gasteiger partial charge in [0.15, 0.2) is 0 Å². The molecule has 0 radical (unpaired) electrons.